The summed E-state index contributed by atoms with van der Waals surface area (Å²) in [6.07, 6.45) is 0. The first-order valence-corrected chi connectivity index (χ1v) is 10.2. The first-order chi connectivity index (χ1) is 14.0. The van der Waals surface area contributed by atoms with Crippen LogP contribution >= 0.6 is 0 Å². The summed E-state index contributed by atoms with van der Waals surface area (Å²) in [5.74, 6) is 0. The van der Waals surface area contributed by atoms with Gasteiger partial charge in [0.25, 0.3) is 0 Å². The van der Waals surface area contributed by atoms with E-state index in [9.17, 15) is 0 Å². The van der Waals surface area contributed by atoms with E-state index in [1.54, 1.807) is 0 Å². The van der Waals surface area contributed by atoms with Gasteiger partial charge in [-0.2, -0.15) is 0 Å². The zero-order valence-electron chi connectivity index (χ0n) is 17.2. The van der Waals surface area contributed by atoms with E-state index < -0.39 is 0 Å². The van der Waals surface area contributed by atoms with Gasteiger partial charge in [-0.3, -0.25) is 0 Å². The Hall–Kier alpha value is -3.32. The Kier molecular flexibility index (Phi) is 4.06. The molecule has 0 saturated heterocycles. The van der Waals surface area contributed by atoms with Crippen molar-refractivity contribution >= 4 is 21.8 Å². The number of fused-ring (bicyclic) bond motifs is 3. The fourth-order valence-corrected chi connectivity index (χ4v) is 4.33. The lowest BCUT2D eigenvalue weighted by molar-refractivity contribution is 0.594. The van der Waals surface area contributed by atoms with E-state index in [4.69, 9.17) is 0 Å². The van der Waals surface area contributed by atoms with Crippen molar-refractivity contribution in [1.29, 1.82) is 0 Å². The minimum atomic E-state index is 0.0651. The molecule has 0 aliphatic heterocycles. The summed E-state index contributed by atoms with van der Waals surface area (Å²) in [5, 5.41) is 2.63. The maximum Gasteiger partial charge on any atom is 0.0578 e. The molecule has 142 valence electrons. The van der Waals surface area contributed by atoms with Gasteiger partial charge >= 0.3 is 0 Å². The standard InChI is InChI=1S/C28H25N/c1-28(2,3)25-14-9-13-24-23-12-7-8-15-26(23)29(27(24)25)22-18-16-21(17-19-22)20-10-5-4-6-11-20/h4-19H,1-3H3. The monoisotopic (exact) mass is 375 g/mol. The highest BCUT2D eigenvalue weighted by Crippen LogP contribution is 2.38. The van der Waals surface area contributed by atoms with Gasteiger partial charge in [0, 0.05) is 16.5 Å². The van der Waals surface area contributed by atoms with E-state index in [1.165, 1.54) is 44.2 Å². The first-order valence-electron chi connectivity index (χ1n) is 10.2. The van der Waals surface area contributed by atoms with E-state index in [0.29, 0.717) is 0 Å². The van der Waals surface area contributed by atoms with Gasteiger partial charge in [0.1, 0.15) is 0 Å². The number of hydrogen-bond donors (Lipinski definition) is 0. The predicted molar refractivity (Wildman–Crippen MR) is 125 cm³/mol. The van der Waals surface area contributed by atoms with Crippen molar-refractivity contribution in [2.24, 2.45) is 0 Å². The van der Waals surface area contributed by atoms with Crippen LogP contribution in [0.25, 0.3) is 38.6 Å². The Morgan fingerprint density at radius 2 is 1.17 bits per heavy atom. The van der Waals surface area contributed by atoms with Crippen molar-refractivity contribution in [2.75, 3.05) is 0 Å². The SMILES string of the molecule is CC(C)(C)c1cccc2c3ccccc3n(-c3ccc(-c4ccccc4)cc3)c12. The Labute approximate surface area is 172 Å². The third-order valence-corrected chi connectivity index (χ3v) is 5.74. The number of aromatic nitrogens is 1. The van der Waals surface area contributed by atoms with Crippen LogP contribution in [-0.2, 0) is 5.41 Å². The van der Waals surface area contributed by atoms with Gasteiger partial charge in [-0.05, 0) is 40.3 Å². The van der Waals surface area contributed by atoms with Gasteiger partial charge in [0.05, 0.1) is 11.0 Å². The fraction of sp³-hybridized carbons (Fsp3) is 0.143. The van der Waals surface area contributed by atoms with Crippen LogP contribution in [0.4, 0.5) is 0 Å². The Morgan fingerprint density at radius 3 is 1.90 bits per heavy atom. The van der Waals surface area contributed by atoms with E-state index >= 15 is 0 Å². The molecule has 1 heterocycles. The molecule has 0 N–H and O–H groups in total. The van der Waals surface area contributed by atoms with Crippen LogP contribution in [0.2, 0.25) is 0 Å². The third kappa shape index (κ3) is 2.94. The number of benzene rings is 4. The lowest BCUT2D eigenvalue weighted by Gasteiger charge is -2.22. The van der Waals surface area contributed by atoms with Crippen LogP contribution in [0.3, 0.4) is 0 Å². The molecule has 0 bridgehead atoms. The number of hydrogen-bond acceptors (Lipinski definition) is 0. The summed E-state index contributed by atoms with van der Waals surface area (Å²) < 4.78 is 2.43. The molecule has 1 aromatic heterocycles. The lowest BCUT2D eigenvalue weighted by Crippen LogP contribution is -2.13. The second-order valence-electron chi connectivity index (χ2n) is 8.72. The summed E-state index contributed by atoms with van der Waals surface area (Å²) in [5.41, 5.74) is 7.70. The zero-order chi connectivity index (χ0) is 20.0. The summed E-state index contributed by atoms with van der Waals surface area (Å²) >= 11 is 0. The number of para-hydroxylation sites is 2. The van der Waals surface area contributed by atoms with Crippen LogP contribution in [0, 0.1) is 0 Å². The molecule has 5 rings (SSSR count). The highest BCUT2D eigenvalue weighted by Gasteiger charge is 2.22. The maximum atomic E-state index is 2.43. The summed E-state index contributed by atoms with van der Waals surface area (Å²) in [7, 11) is 0. The molecule has 5 aromatic rings. The van der Waals surface area contributed by atoms with E-state index in [0.717, 1.165) is 0 Å². The molecule has 0 fully saturated rings. The van der Waals surface area contributed by atoms with Crippen molar-refractivity contribution in [2.45, 2.75) is 26.2 Å². The molecule has 0 aliphatic carbocycles. The van der Waals surface area contributed by atoms with Crippen molar-refractivity contribution in [1.82, 2.24) is 4.57 Å². The van der Waals surface area contributed by atoms with Gasteiger partial charge in [-0.1, -0.05) is 99.6 Å². The fourth-order valence-electron chi connectivity index (χ4n) is 4.33. The highest BCUT2D eigenvalue weighted by molar-refractivity contribution is 6.10. The first kappa shape index (κ1) is 17.8. The molecule has 4 aromatic carbocycles. The average molecular weight is 376 g/mol. The van der Waals surface area contributed by atoms with Crippen molar-refractivity contribution < 1.29 is 0 Å². The van der Waals surface area contributed by atoms with Crippen LogP contribution in [-0.4, -0.2) is 4.57 Å². The molecular weight excluding hydrogens is 350 g/mol. The third-order valence-electron chi connectivity index (χ3n) is 5.74. The van der Waals surface area contributed by atoms with Crippen molar-refractivity contribution in [3.63, 3.8) is 0 Å². The Bertz CT molecular complexity index is 1300. The molecule has 1 nitrogen and oxygen atoms in total. The second-order valence-corrected chi connectivity index (χ2v) is 8.72. The Balaban J connectivity index is 1.80. The molecule has 0 amide bonds. The van der Waals surface area contributed by atoms with Crippen molar-refractivity contribution in [3.8, 4) is 16.8 Å². The lowest BCUT2D eigenvalue weighted by atomic mass is 9.85. The second kappa shape index (κ2) is 6.63. The van der Waals surface area contributed by atoms with Gasteiger partial charge < -0.3 is 4.57 Å². The van der Waals surface area contributed by atoms with Crippen LogP contribution in [0.5, 0.6) is 0 Å². The summed E-state index contributed by atoms with van der Waals surface area (Å²) in [4.78, 5) is 0. The van der Waals surface area contributed by atoms with E-state index in [2.05, 4.69) is 122 Å². The smallest absolute Gasteiger partial charge is 0.0578 e. The molecule has 0 saturated carbocycles. The molecule has 0 unspecified atom stereocenters. The minimum absolute atomic E-state index is 0.0651. The quantitative estimate of drug-likeness (QED) is 0.297. The summed E-state index contributed by atoms with van der Waals surface area (Å²) in [6.45, 7) is 6.88. The summed E-state index contributed by atoms with van der Waals surface area (Å²) in [6, 6.07) is 34.9. The molecule has 0 aliphatic rings. The maximum absolute atomic E-state index is 2.43. The number of rotatable bonds is 2. The molecule has 0 radical (unpaired) electrons. The number of nitrogens with zero attached hydrogens (tertiary/aromatic N) is 1. The highest BCUT2D eigenvalue weighted by atomic mass is 15.0. The van der Waals surface area contributed by atoms with Crippen molar-refractivity contribution in [3.05, 3.63) is 103 Å². The van der Waals surface area contributed by atoms with Gasteiger partial charge in [0.2, 0.25) is 0 Å². The van der Waals surface area contributed by atoms with E-state index in [-0.39, 0.29) is 5.41 Å². The van der Waals surface area contributed by atoms with Crippen LogP contribution in [0.1, 0.15) is 26.3 Å². The Morgan fingerprint density at radius 1 is 0.552 bits per heavy atom. The van der Waals surface area contributed by atoms with Gasteiger partial charge in [0.15, 0.2) is 0 Å². The molecule has 0 atom stereocenters. The molecule has 29 heavy (non-hydrogen) atoms. The zero-order valence-corrected chi connectivity index (χ0v) is 17.2. The average Bonchev–Trinajstić information content (AvgIpc) is 3.08. The molecule has 1 heteroatoms. The largest absolute Gasteiger partial charge is 0.309 e. The topological polar surface area (TPSA) is 4.93 Å². The van der Waals surface area contributed by atoms with Gasteiger partial charge in [-0.25, -0.2) is 0 Å². The normalized spacial score (nSPS) is 12.0. The van der Waals surface area contributed by atoms with E-state index in [1.807, 2.05) is 0 Å². The minimum Gasteiger partial charge on any atom is -0.309 e. The van der Waals surface area contributed by atoms with Crippen LogP contribution in [0.15, 0.2) is 97.1 Å². The van der Waals surface area contributed by atoms with Gasteiger partial charge in [-0.15, -0.1) is 0 Å². The predicted octanol–water partition coefficient (Wildman–Crippen LogP) is 7.75. The molecular formula is C28H25N. The van der Waals surface area contributed by atoms with Crippen LogP contribution < -0.4 is 0 Å². The molecule has 0 spiro atoms.